The maximum Gasteiger partial charge on any atom is 0.305 e. The van der Waals surface area contributed by atoms with E-state index in [1.165, 1.54) is 30.2 Å². The summed E-state index contributed by atoms with van der Waals surface area (Å²) in [4.78, 5) is 50.3. The lowest BCUT2D eigenvalue weighted by Crippen LogP contribution is -2.26. The van der Waals surface area contributed by atoms with E-state index >= 15 is 0 Å². The molecule has 0 saturated heterocycles. The first-order valence-electron chi connectivity index (χ1n) is 14.3. The normalized spacial score (nSPS) is 13.7. The smallest absolute Gasteiger partial charge is 0.305 e. The first kappa shape index (κ1) is 30.4. The number of Topliss-reactive ketones (excluding diaryl/α,β-unsaturated/α-hetero) is 1. The highest BCUT2D eigenvalue weighted by Gasteiger charge is 2.19. The quantitative estimate of drug-likeness (QED) is 0.199. The maximum atomic E-state index is 13.8. The minimum atomic E-state index is -1.00. The molecule has 216 valence electrons. The second kappa shape index (κ2) is 13.4. The number of hydrogen-bond donors (Lipinski definition) is 2. The highest BCUT2D eigenvalue weighted by atomic mass is 16.4. The Morgan fingerprint density at radius 1 is 0.786 bits per heavy atom. The van der Waals surface area contributed by atoms with Crippen molar-refractivity contribution >= 4 is 34.6 Å². The zero-order valence-corrected chi connectivity index (χ0v) is 24.4. The summed E-state index contributed by atoms with van der Waals surface area (Å²) in [5, 5.41) is 11.3. The molecule has 4 rings (SSSR count). The SMILES string of the molecule is CC(C)(C)c1ccc(C(=O)C=C(C(=O)c2ccc(C(=O)NCCC(=O)O)cc2)c2ccc(C3=CCCCC3)cc2)cc1. The van der Waals surface area contributed by atoms with Crippen LogP contribution in [0.25, 0.3) is 11.1 Å². The van der Waals surface area contributed by atoms with Crippen molar-refractivity contribution < 1.29 is 24.3 Å². The molecule has 0 aromatic heterocycles. The summed E-state index contributed by atoms with van der Waals surface area (Å²) in [7, 11) is 0. The summed E-state index contributed by atoms with van der Waals surface area (Å²) >= 11 is 0. The van der Waals surface area contributed by atoms with Gasteiger partial charge in [-0.15, -0.1) is 0 Å². The number of rotatable bonds is 10. The van der Waals surface area contributed by atoms with Crippen molar-refractivity contribution in [2.45, 2.75) is 58.3 Å². The van der Waals surface area contributed by atoms with Gasteiger partial charge in [0.05, 0.1) is 6.42 Å². The number of aliphatic carboxylic acids is 1. The number of nitrogens with one attached hydrogen (secondary N) is 1. The van der Waals surface area contributed by atoms with Gasteiger partial charge >= 0.3 is 5.97 Å². The minimum Gasteiger partial charge on any atom is -0.481 e. The van der Waals surface area contributed by atoms with Crippen LogP contribution in [0.15, 0.2) is 84.9 Å². The Labute approximate surface area is 247 Å². The number of carboxylic acid groups (broad SMARTS) is 1. The van der Waals surface area contributed by atoms with Gasteiger partial charge in [-0.1, -0.05) is 87.5 Å². The fourth-order valence-corrected chi connectivity index (χ4v) is 4.91. The van der Waals surface area contributed by atoms with Crippen LogP contribution in [0.2, 0.25) is 0 Å². The monoisotopic (exact) mass is 563 g/mol. The largest absolute Gasteiger partial charge is 0.481 e. The van der Waals surface area contributed by atoms with Crippen molar-refractivity contribution in [3.05, 3.63) is 118 Å². The molecule has 0 radical (unpaired) electrons. The molecule has 1 aliphatic carbocycles. The number of benzene rings is 3. The molecule has 42 heavy (non-hydrogen) atoms. The van der Waals surface area contributed by atoms with Gasteiger partial charge in [0.15, 0.2) is 11.6 Å². The molecule has 0 unspecified atom stereocenters. The fraction of sp³-hybridized carbons (Fsp3) is 0.278. The van der Waals surface area contributed by atoms with Crippen molar-refractivity contribution in [1.29, 1.82) is 0 Å². The topological polar surface area (TPSA) is 101 Å². The molecular formula is C36H37NO5. The number of carboxylic acids is 1. The number of ketones is 2. The van der Waals surface area contributed by atoms with Crippen LogP contribution in [0, 0.1) is 0 Å². The maximum absolute atomic E-state index is 13.8. The molecule has 0 spiro atoms. The van der Waals surface area contributed by atoms with E-state index in [1.807, 2.05) is 36.4 Å². The summed E-state index contributed by atoms with van der Waals surface area (Å²) in [5.74, 6) is -2.03. The van der Waals surface area contributed by atoms with E-state index in [4.69, 9.17) is 5.11 Å². The van der Waals surface area contributed by atoms with E-state index in [9.17, 15) is 19.2 Å². The average molecular weight is 564 g/mol. The van der Waals surface area contributed by atoms with E-state index in [1.54, 1.807) is 24.3 Å². The van der Waals surface area contributed by atoms with Gasteiger partial charge in [-0.05, 0) is 71.6 Å². The van der Waals surface area contributed by atoms with Gasteiger partial charge < -0.3 is 10.4 Å². The number of carbonyl (C=O) groups is 4. The molecule has 6 nitrogen and oxygen atoms in total. The van der Waals surface area contributed by atoms with E-state index in [0.717, 1.165) is 30.4 Å². The lowest BCUT2D eigenvalue weighted by Gasteiger charge is -2.18. The van der Waals surface area contributed by atoms with Gasteiger partial charge in [0.2, 0.25) is 0 Å². The number of amides is 1. The van der Waals surface area contributed by atoms with E-state index in [2.05, 4.69) is 32.2 Å². The second-order valence-corrected chi connectivity index (χ2v) is 11.6. The van der Waals surface area contributed by atoms with Crippen LogP contribution in [0.5, 0.6) is 0 Å². The standard InChI is InChI=1S/C36H37NO5/c1-36(2,3)30-19-17-27(18-20-30)32(38)23-31(26-11-9-25(10-12-26)24-7-5-4-6-8-24)34(41)28-13-15-29(16-14-28)35(42)37-22-21-33(39)40/h7,9-20,23H,4-6,8,21-22H2,1-3H3,(H,37,42)(H,39,40). The van der Waals surface area contributed by atoms with E-state index < -0.39 is 11.9 Å². The van der Waals surface area contributed by atoms with E-state index in [0.29, 0.717) is 22.3 Å². The molecule has 0 atom stereocenters. The third-order valence-corrected chi connectivity index (χ3v) is 7.45. The van der Waals surface area contributed by atoms with Crippen molar-refractivity contribution in [2.24, 2.45) is 0 Å². The lowest BCUT2D eigenvalue weighted by atomic mass is 9.86. The van der Waals surface area contributed by atoms with Gasteiger partial charge in [0, 0.05) is 28.8 Å². The first-order chi connectivity index (χ1) is 20.0. The van der Waals surface area contributed by atoms with Gasteiger partial charge in [-0.2, -0.15) is 0 Å². The average Bonchev–Trinajstić information content (AvgIpc) is 2.99. The van der Waals surface area contributed by atoms with Crippen LogP contribution in [0.1, 0.15) is 101 Å². The Kier molecular flexibility index (Phi) is 9.68. The Morgan fingerprint density at radius 3 is 1.95 bits per heavy atom. The van der Waals surface area contributed by atoms with Gasteiger partial charge in [0.25, 0.3) is 5.91 Å². The first-order valence-corrected chi connectivity index (χ1v) is 14.3. The van der Waals surface area contributed by atoms with E-state index in [-0.39, 0.29) is 35.5 Å². The van der Waals surface area contributed by atoms with Gasteiger partial charge in [-0.3, -0.25) is 19.2 Å². The van der Waals surface area contributed by atoms with Crippen molar-refractivity contribution in [1.82, 2.24) is 5.32 Å². The number of allylic oxidation sites excluding steroid dienone is 4. The highest BCUT2D eigenvalue weighted by Crippen LogP contribution is 2.29. The third-order valence-electron chi connectivity index (χ3n) is 7.45. The molecular weight excluding hydrogens is 526 g/mol. The molecule has 6 heteroatoms. The second-order valence-electron chi connectivity index (χ2n) is 11.6. The Hall–Kier alpha value is -4.58. The molecule has 0 saturated carbocycles. The zero-order chi connectivity index (χ0) is 30.3. The summed E-state index contributed by atoms with van der Waals surface area (Å²) in [5.41, 5.74) is 5.51. The Bertz CT molecular complexity index is 1520. The summed E-state index contributed by atoms with van der Waals surface area (Å²) in [6, 6.07) is 21.4. The molecule has 3 aromatic rings. The van der Waals surface area contributed by atoms with Crippen LogP contribution in [-0.4, -0.2) is 35.1 Å². The van der Waals surface area contributed by atoms with Crippen LogP contribution in [0.4, 0.5) is 0 Å². The summed E-state index contributed by atoms with van der Waals surface area (Å²) < 4.78 is 0. The lowest BCUT2D eigenvalue weighted by molar-refractivity contribution is -0.136. The van der Waals surface area contributed by atoms with Gasteiger partial charge in [0.1, 0.15) is 0 Å². The number of hydrogen-bond acceptors (Lipinski definition) is 4. The van der Waals surface area contributed by atoms with Crippen LogP contribution in [0.3, 0.4) is 0 Å². The third kappa shape index (κ3) is 7.78. The van der Waals surface area contributed by atoms with Crippen molar-refractivity contribution in [3.63, 3.8) is 0 Å². The van der Waals surface area contributed by atoms with Crippen molar-refractivity contribution in [2.75, 3.05) is 6.54 Å². The van der Waals surface area contributed by atoms with Crippen LogP contribution in [-0.2, 0) is 10.2 Å². The molecule has 0 fully saturated rings. The molecule has 0 heterocycles. The molecule has 2 N–H and O–H groups in total. The van der Waals surface area contributed by atoms with Crippen LogP contribution < -0.4 is 5.32 Å². The highest BCUT2D eigenvalue weighted by molar-refractivity contribution is 6.32. The fourth-order valence-electron chi connectivity index (χ4n) is 4.91. The van der Waals surface area contributed by atoms with Gasteiger partial charge in [-0.25, -0.2) is 0 Å². The Morgan fingerprint density at radius 2 is 1.38 bits per heavy atom. The number of carbonyl (C=O) groups excluding carboxylic acids is 3. The molecule has 1 amide bonds. The molecule has 0 aliphatic heterocycles. The van der Waals surface area contributed by atoms with Crippen LogP contribution >= 0.6 is 0 Å². The molecule has 3 aromatic carbocycles. The predicted octanol–water partition coefficient (Wildman–Crippen LogP) is 7.30. The predicted molar refractivity (Wildman–Crippen MR) is 166 cm³/mol. The minimum absolute atomic E-state index is 0.00742. The summed E-state index contributed by atoms with van der Waals surface area (Å²) in [6.45, 7) is 6.34. The molecule has 0 bridgehead atoms. The molecule has 1 aliphatic rings. The zero-order valence-electron chi connectivity index (χ0n) is 24.4. The summed E-state index contributed by atoms with van der Waals surface area (Å²) in [6.07, 6.45) is 7.94. The van der Waals surface area contributed by atoms with Crippen molar-refractivity contribution in [3.8, 4) is 0 Å². The Balaban J connectivity index is 1.64.